The normalized spacial score (nSPS) is 16.2. The zero-order chi connectivity index (χ0) is 17.6. The molecule has 0 amide bonds. The van der Waals surface area contributed by atoms with E-state index in [0.29, 0.717) is 17.2 Å². The van der Waals surface area contributed by atoms with E-state index in [0.717, 1.165) is 12.8 Å². The van der Waals surface area contributed by atoms with Crippen molar-refractivity contribution in [2.75, 3.05) is 6.61 Å². The molecule has 1 N–H and O–H groups in total. The summed E-state index contributed by atoms with van der Waals surface area (Å²) in [4.78, 5) is 12.0. The SMILES string of the molecule is CC(C)(OC(=O)COc1ccc(C#CC([O-])O)cc1)C1CCCC1. The third kappa shape index (κ3) is 5.55. The summed E-state index contributed by atoms with van der Waals surface area (Å²) in [5, 5.41) is 19.0. The van der Waals surface area contributed by atoms with Crippen LogP contribution in [0.1, 0.15) is 45.1 Å². The summed E-state index contributed by atoms with van der Waals surface area (Å²) in [6.07, 6.45) is 2.68. The monoisotopic (exact) mass is 331 g/mol. The van der Waals surface area contributed by atoms with Crippen molar-refractivity contribution in [2.24, 2.45) is 5.92 Å². The maximum absolute atomic E-state index is 12.0. The number of hydrogen-bond donors (Lipinski definition) is 1. The Morgan fingerprint density at radius 2 is 1.96 bits per heavy atom. The first-order chi connectivity index (χ1) is 11.4. The molecule has 0 bridgehead atoms. The highest BCUT2D eigenvalue weighted by atomic mass is 16.6. The fraction of sp³-hybridized carbons (Fsp3) is 0.526. The molecule has 1 saturated carbocycles. The third-order valence-corrected chi connectivity index (χ3v) is 4.27. The molecule has 1 unspecified atom stereocenters. The zero-order valence-electron chi connectivity index (χ0n) is 14.1. The minimum Gasteiger partial charge on any atom is -0.821 e. The van der Waals surface area contributed by atoms with Gasteiger partial charge < -0.3 is 19.7 Å². The van der Waals surface area contributed by atoms with Gasteiger partial charge in [-0.15, -0.1) is 0 Å². The summed E-state index contributed by atoms with van der Waals surface area (Å²) in [5.74, 6) is 5.20. The molecule has 2 rings (SSSR count). The molecule has 0 saturated heterocycles. The molecule has 1 aliphatic carbocycles. The molecular formula is C19H23O5-. The first kappa shape index (κ1) is 18.3. The van der Waals surface area contributed by atoms with Gasteiger partial charge in [0.15, 0.2) is 6.61 Å². The molecular weight excluding hydrogens is 308 g/mol. The average Bonchev–Trinajstić information content (AvgIpc) is 3.07. The van der Waals surface area contributed by atoms with Crippen molar-refractivity contribution >= 4 is 5.97 Å². The lowest BCUT2D eigenvalue weighted by molar-refractivity contribution is -0.459. The Morgan fingerprint density at radius 3 is 2.54 bits per heavy atom. The lowest BCUT2D eigenvalue weighted by atomic mass is 9.89. The number of ether oxygens (including phenoxy) is 2. The van der Waals surface area contributed by atoms with Gasteiger partial charge in [0.2, 0.25) is 0 Å². The number of aliphatic hydroxyl groups is 1. The second-order valence-corrected chi connectivity index (χ2v) is 6.49. The van der Waals surface area contributed by atoms with Crippen LogP contribution < -0.4 is 9.84 Å². The van der Waals surface area contributed by atoms with Crippen LogP contribution in [0.25, 0.3) is 0 Å². The van der Waals surface area contributed by atoms with E-state index in [4.69, 9.17) is 14.6 Å². The summed E-state index contributed by atoms with van der Waals surface area (Å²) in [5.41, 5.74) is 0.123. The first-order valence-corrected chi connectivity index (χ1v) is 8.17. The molecule has 0 aromatic heterocycles. The molecule has 0 spiro atoms. The smallest absolute Gasteiger partial charge is 0.344 e. The van der Waals surface area contributed by atoms with Crippen molar-refractivity contribution in [3.8, 4) is 17.6 Å². The highest BCUT2D eigenvalue weighted by Gasteiger charge is 2.35. The third-order valence-electron chi connectivity index (χ3n) is 4.27. The van der Waals surface area contributed by atoms with E-state index in [9.17, 15) is 9.90 Å². The molecule has 0 heterocycles. The van der Waals surface area contributed by atoms with Gasteiger partial charge in [-0.05, 0) is 56.9 Å². The number of esters is 1. The molecule has 24 heavy (non-hydrogen) atoms. The molecule has 0 aliphatic heterocycles. The fourth-order valence-electron chi connectivity index (χ4n) is 2.95. The molecule has 1 aromatic rings. The minimum absolute atomic E-state index is 0.152. The molecule has 5 heteroatoms. The van der Waals surface area contributed by atoms with Crippen molar-refractivity contribution in [3.63, 3.8) is 0 Å². The molecule has 5 nitrogen and oxygen atoms in total. The van der Waals surface area contributed by atoms with E-state index in [1.54, 1.807) is 24.3 Å². The maximum Gasteiger partial charge on any atom is 0.344 e. The van der Waals surface area contributed by atoms with Crippen LogP contribution in [0.2, 0.25) is 0 Å². The highest BCUT2D eigenvalue weighted by molar-refractivity contribution is 5.71. The van der Waals surface area contributed by atoms with Crippen LogP contribution in [0.4, 0.5) is 0 Å². The van der Waals surface area contributed by atoms with Crippen LogP contribution >= 0.6 is 0 Å². The summed E-state index contributed by atoms with van der Waals surface area (Å²) in [7, 11) is 0. The van der Waals surface area contributed by atoms with Crippen LogP contribution in [-0.4, -0.2) is 29.6 Å². The zero-order valence-corrected chi connectivity index (χ0v) is 14.1. The van der Waals surface area contributed by atoms with Crippen LogP contribution in [0, 0.1) is 17.8 Å². The van der Waals surface area contributed by atoms with E-state index >= 15 is 0 Å². The largest absolute Gasteiger partial charge is 0.821 e. The number of carbonyl (C=O) groups is 1. The Morgan fingerprint density at radius 1 is 1.33 bits per heavy atom. The standard InChI is InChI=1S/C19H23O5/c1-19(2,15-5-3-4-6-15)24-18(22)13-23-16-10-7-14(8-11-16)9-12-17(20)21/h7-8,10-11,15,17,20H,3-6,13H2,1-2H3/q-1. The first-order valence-electron chi connectivity index (χ1n) is 8.17. The summed E-state index contributed by atoms with van der Waals surface area (Å²) < 4.78 is 11.0. The van der Waals surface area contributed by atoms with Crippen LogP contribution in [-0.2, 0) is 9.53 Å². The number of aliphatic hydroxyl groups excluding tert-OH is 1. The molecule has 1 atom stereocenters. The number of carbonyl (C=O) groups excluding carboxylic acids is 1. The van der Waals surface area contributed by atoms with E-state index in [-0.39, 0.29) is 12.6 Å². The van der Waals surface area contributed by atoms with Crippen molar-refractivity contribution < 1.29 is 24.5 Å². The fourth-order valence-corrected chi connectivity index (χ4v) is 2.95. The Balaban J connectivity index is 1.82. The van der Waals surface area contributed by atoms with Gasteiger partial charge in [-0.3, -0.25) is 0 Å². The Hall–Kier alpha value is -2.03. The Labute approximate surface area is 142 Å². The van der Waals surface area contributed by atoms with Gasteiger partial charge >= 0.3 is 5.97 Å². The lowest BCUT2D eigenvalue weighted by Gasteiger charge is -2.31. The van der Waals surface area contributed by atoms with Gasteiger partial charge in [-0.2, -0.15) is 0 Å². The molecule has 1 fully saturated rings. The number of hydrogen-bond acceptors (Lipinski definition) is 5. The van der Waals surface area contributed by atoms with E-state index in [2.05, 4.69) is 11.8 Å². The van der Waals surface area contributed by atoms with Crippen molar-refractivity contribution in [3.05, 3.63) is 29.8 Å². The van der Waals surface area contributed by atoms with Gasteiger partial charge in [0.05, 0.1) is 0 Å². The van der Waals surface area contributed by atoms with Crippen LogP contribution in [0.5, 0.6) is 5.75 Å². The van der Waals surface area contributed by atoms with E-state index in [1.807, 2.05) is 13.8 Å². The van der Waals surface area contributed by atoms with Crippen molar-refractivity contribution in [1.29, 1.82) is 0 Å². The number of rotatable bonds is 5. The van der Waals surface area contributed by atoms with Crippen molar-refractivity contribution in [1.82, 2.24) is 0 Å². The summed E-state index contributed by atoms with van der Waals surface area (Å²) in [6, 6.07) is 6.60. The predicted octanol–water partition coefficient (Wildman–Crippen LogP) is 1.61. The Kier molecular flexibility index (Phi) is 6.24. The molecule has 1 aliphatic rings. The van der Waals surface area contributed by atoms with E-state index < -0.39 is 11.9 Å². The average molecular weight is 331 g/mol. The second-order valence-electron chi connectivity index (χ2n) is 6.49. The van der Waals surface area contributed by atoms with Crippen LogP contribution in [0.3, 0.4) is 0 Å². The van der Waals surface area contributed by atoms with Gasteiger partial charge in [-0.25, -0.2) is 4.79 Å². The minimum atomic E-state index is -1.90. The van der Waals surface area contributed by atoms with E-state index in [1.165, 1.54) is 12.8 Å². The molecule has 130 valence electrons. The molecule has 1 aromatic carbocycles. The lowest BCUT2D eigenvalue weighted by Crippen LogP contribution is -2.37. The Bertz CT molecular complexity index is 601. The van der Waals surface area contributed by atoms with Crippen LogP contribution in [0.15, 0.2) is 24.3 Å². The van der Waals surface area contributed by atoms with Gasteiger partial charge in [0.1, 0.15) is 11.4 Å². The summed E-state index contributed by atoms with van der Waals surface area (Å²) >= 11 is 0. The van der Waals surface area contributed by atoms with Crippen molar-refractivity contribution in [2.45, 2.75) is 51.4 Å². The second kappa shape index (κ2) is 8.18. The van der Waals surface area contributed by atoms with Gasteiger partial charge in [0, 0.05) is 11.9 Å². The topological polar surface area (TPSA) is 78.8 Å². The van der Waals surface area contributed by atoms with Gasteiger partial charge in [0.25, 0.3) is 0 Å². The van der Waals surface area contributed by atoms with Gasteiger partial charge in [-0.1, -0.05) is 24.7 Å². The maximum atomic E-state index is 12.0. The summed E-state index contributed by atoms with van der Waals surface area (Å²) in [6.45, 7) is 3.76. The highest BCUT2D eigenvalue weighted by Crippen LogP contribution is 2.36. The quantitative estimate of drug-likeness (QED) is 0.504. The predicted molar refractivity (Wildman–Crippen MR) is 87.0 cm³/mol. The molecule has 0 radical (unpaired) electrons. The number of benzene rings is 1.